The highest BCUT2D eigenvalue weighted by Crippen LogP contribution is 2.09. The van der Waals surface area contributed by atoms with Gasteiger partial charge in [0.05, 0.1) is 12.2 Å². The maximum absolute atomic E-state index is 5.15. The normalized spacial score (nSPS) is 31.8. The van der Waals surface area contributed by atoms with Crippen LogP contribution in [0.3, 0.4) is 0 Å². The van der Waals surface area contributed by atoms with E-state index >= 15 is 0 Å². The fourth-order valence-corrected chi connectivity index (χ4v) is 1.48. The van der Waals surface area contributed by atoms with Crippen molar-refractivity contribution in [1.82, 2.24) is 0 Å². The maximum Gasteiger partial charge on any atom is 0.0547 e. The Morgan fingerprint density at radius 2 is 1.23 bits per heavy atom. The molecule has 0 bridgehead atoms. The van der Waals surface area contributed by atoms with Gasteiger partial charge in [0.1, 0.15) is 0 Å². The van der Waals surface area contributed by atoms with Crippen molar-refractivity contribution < 1.29 is 14.9 Å². The third-order valence-corrected chi connectivity index (χ3v) is 2.31. The van der Waals surface area contributed by atoms with E-state index in [4.69, 9.17) is 9.47 Å². The Morgan fingerprint density at radius 1 is 0.846 bits per heavy atom. The van der Waals surface area contributed by atoms with Gasteiger partial charge >= 0.3 is 0 Å². The summed E-state index contributed by atoms with van der Waals surface area (Å²) in [6.45, 7) is 6.21. The fourth-order valence-electron chi connectivity index (χ4n) is 1.48. The number of rotatable bonds is 0. The van der Waals surface area contributed by atoms with Gasteiger partial charge in [0, 0.05) is 13.2 Å². The topological polar surface area (TPSA) is 50.0 Å². The van der Waals surface area contributed by atoms with Crippen LogP contribution in [0.15, 0.2) is 0 Å². The first kappa shape index (κ1) is 12.9. The lowest BCUT2D eigenvalue weighted by Gasteiger charge is -1.94. The summed E-state index contributed by atoms with van der Waals surface area (Å²) in [4.78, 5) is 0. The van der Waals surface area contributed by atoms with Crippen LogP contribution in [0, 0.1) is 0 Å². The van der Waals surface area contributed by atoms with Crippen molar-refractivity contribution in [1.29, 1.82) is 0 Å². The first-order valence-electron chi connectivity index (χ1n) is 5.02. The molecule has 80 valence electrons. The van der Waals surface area contributed by atoms with Gasteiger partial charge in [0.25, 0.3) is 0 Å². The van der Waals surface area contributed by atoms with Crippen LogP contribution < -0.4 is 0 Å². The average molecular weight is 190 g/mol. The molecule has 0 aromatic rings. The van der Waals surface area contributed by atoms with Crippen molar-refractivity contribution in [3.8, 4) is 0 Å². The Bertz CT molecular complexity index is 90.7. The third-order valence-electron chi connectivity index (χ3n) is 2.31. The SMILES string of the molecule is CC1CCCO1.CC1CCCO1.O. The first-order chi connectivity index (χ1) is 5.79. The molecule has 3 heteroatoms. The van der Waals surface area contributed by atoms with E-state index in [0.29, 0.717) is 12.2 Å². The van der Waals surface area contributed by atoms with Gasteiger partial charge in [-0.2, -0.15) is 0 Å². The molecule has 2 unspecified atom stereocenters. The van der Waals surface area contributed by atoms with Crippen molar-refractivity contribution in [3.63, 3.8) is 0 Å². The van der Waals surface area contributed by atoms with E-state index in [1.54, 1.807) is 0 Å². The van der Waals surface area contributed by atoms with Crippen LogP contribution >= 0.6 is 0 Å². The molecular weight excluding hydrogens is 168 g/mol. The van der Waals surface area contributed by atoms with E-state index in [9.17, 15) is 0 Å². The van der Waals surface area contributed by atoms with E-state index in [1.165, 1.54) is 25.7 Å². The summed E-state index contributed by atoms with van der Waals surface area (Å²) < 4.78 is 10.3. The van der Waals surface area contributed by atoms with Gasteiger partial charge in [0.2, 0.25) is 0 Å². The zero-order valence-corrected chi connectivity index (χ0v) is 8.71. The third kappa shape index (κ3) is 6.02. The van der Waals surface area contributed by atoms with E-state index in [2.05, 4.69) is 13.8 Å². The van der Waals surface area contributed by atoms with E-state index in [0.717, 1.165) is 13.2 Å². The largest absolute Gasteiger partial charge is 0.412 e. The molecule has 2 heterocycles. The van der Waals surface area contributed by atoms with E-state index < -0.39 is 0 Å². The summed E-state index contributed by atoms with van der Waals surface area (Å²) in [5.74, 6) is 0. The predicted molar refractivity (Wildman–Crippen MR) is 52.9 cm³/mol. The molecule has 2 aliphatic rings. The van der Waals surface area contributed by atoms with Crippen LogP contribution in [0.1, 0.15) is 39.5 Å². The summed E-state index contributed by atoms with van der Waals surface area (Å²) in [6.07, 6.45) is 6.15. The van der Waals surface area contributed by atoms with E-state index in [1.807, 2.05) is 0 Å². The molecule has 0 aromatic heterocycles. The Balaban J connectivity index is 0.000000206. The zero-order chi connectivity index (χ0) is 8.81. The molecular formula is C10H22O3. The molecule has 2 atom stereocenters. The smallest absolute Gasteiger partial charge is 0.0547 e. The zero-order valence-electron chi connectivity index (χ0n) is 8.71. The van der Waals surface area contributed by atoms with Crippen molar-refractivity contribution in [2.45, 2.75) is 51.7 Å². The number of hydrogen-bond donors (Lipinski definition) is 0. The standard InChI is InChI=1S/2C5H10O.H2O/c2*1-5-3-2-4-6-5;/h2*5H,2-4H2,1H3;1H2. The van der Waals surface area contributed by atoms with Crippen LogP contribution in [-0.4, -0.2) is 30.9 Å². The van der Waals surface area contributed by atoms with Crippen LogP contribution in [0.4, 0.5) is 0 Å². The van der Waals surface area contributed by atoms with Gasteiger partial charge in [-0.1, -0.05) is 0 Å². The average Bonchev–Trinajstić information content (AvgIpc) is 2.63. The van der Waals surface area contributed by atoms with Gasteiger partial charge in [-0.25, -0.2) is 0 Å². The van der Waals surface area contributed by atoms with Gasteiger partial charge in [0.15, 0.2) is 0 Å². The van der Waals surface area contributed by atoms with Gasteiger partial charge < -0.3 is 14.9 Å². The van der Waals surface area contributed by atoms with E-state index in [-0.39, 0.29) is 5.48 Å². The van der Waals surface area contributed by atoms with Crippen LogP contribution in [-0.2, 0) is 9.47 Å². The lowest BCUT2D eigenvalue weighted by atomic mass is 10.3. The molecule has 0 radical (unpaired) electrons. The second-order valence-corrected chi connectivity index (χ2v) is 3.65. The molecule has 2 aliphatic heterocycles. The summed E-state index contributed by atoms with van der Waals surface area (Å²) in [5, 5.41) is 0. The first-order valence-corrected chi connectivity index (χ1v) is 5.02. The minimum absolute atomic E-state index is 0. The molecule has 3 nitrogen and oxygen atoms in total. The minimum Gasteiger partial charge on any atom is -0.412 e. The minimum atomic E-state index is 0. The van der Waals surface area contributed by atoms with Crippen molar-refractivity contribution >= 4 is 0 Å². The van der Waals surface area contributed by atoms with Crippen molar-refractivity contribution in [2.75, 3.05) is 13.2 Å². The number of ether oxygens (including phenoxy) is 2. The van der Waals surface area contributed by atoms with Crippen molar-refractivity contribution in [3.05, 3.63) is 0 Å². The summed E-state index contributed by atoms with van der Waals surface area (Å²) in [6, 6.07) is 0. The van der Waals surface area contributed by atoms with Gasteiger partial charge in [-0.05, 0) is 39.5 Å². The maximum atomic E-state index is 5.15. The molecule has 2 fully saturated rings. The molecule has 2 saturated heterocycles. The van der Waals surface area contributed by atoms with Gasteiger partial charge in [-0.3, -0.25) is 0 Å². The Morgan fingerprint density at radius 3 is 1.31 bits per heavy atom. The lowest BCUT2D eigenvalue weighted by Crippen LogP contribution is -1.94. The molecule has 13 heavy (non-hydrogen) atoms. The second kappa shape index (κ2) is 7.30. The highest BCUT2D eigenvalue weighted by molar-refractivity contribution is 4.56. The summed E-state index contributed by atoms with van der Waals surface area (Å²) in [5.41, 5.74) is 0. The molecule has 0 aromatic carbocycles. The Hall–Kier alpha value is -0.120. The molecule has 0 saturated carbocycles. The Labute approximate surface area is 80.7 Å². The summed E-state index contributed by atoms with van der Waals surface area (Å²) >= 11 is 0. The van der Waals surface area contributed by atoms with Crippen molar-refractivity contribution in [2.24, 2.45) is 0 Å². The predicted octanol–water partition coefficient (Wildman–Crippen LogP) is 1.55. The summed E-state index contributed by atoms with van der Waals surface area (Å²) in [7, 11) is 0. The molecule has 2 rings (SSSR count). The highest BCUT2D eigenvalue weighted by atomic mass is 16.5. The lowest BCUT2D eigenvalue weighted by molar-refractivity contribution is 0.125. The van der Waals surface area contributed by atoms with Crippen LogP contribution in [0.25, 0.3) is 0 Å². The van der Waals surface area contributed by atoms with Crippen LogP contribution in [0.2, 0.25) is 0 Å². The molecule has 0 aliphatic carbocycles. The monoisotopic (exact) mass is 190 g/mol. The van der Waals surface area contributed by atoms with Crippen LogP contribution in [0.5, 0.6) is 0 Å². The second-order valence-electron chi connectivity index (χ2n) is 3.65. The molecule has 0 spiro atoms. The quantitative estimate of drug-likeness (QED) is 0.582. The Kier molecular flexibility index (Phi) is 7.23. The number of hydrogen-bond acceptors (Lipinski definition) is 2. The van der Waals surface area contributed by atoms with Gasteiger partial charge in [-0.15, -0.1) is 0 Å². The highest BCUT2D eigenvalue weighted by Gasteiger charge is 2.07. The molecule has 0 amide bonds. The molecule has 2 N–H and O–H groups in total. The fraction of sp³-hybridized carbons (Fsp3) is 1.00.